The Kier molecular flexibility index (Phi) is 3.36. The highest BCUT2D eigenvalue weighted by molar-refractivity contribution is 7.87. The summed E-state index contributed by atoms with van der Waals surface area (Å²) in [5, 5.41) is 0. The minimum atomic E-state index is -5.67. The molecule has 0 saturated heterocycles. The van der Waals surface area contributed by atoms with E-state index in [1.807, 2.05) is 0 Å². The molecule has 1 rings (SSSR count). The molecule has 90 valence electrons. The molecule has 0 spiro atoms. The highest BCUT2D eigenvalue weighted by Gasteiger charge is 2.49. The number of nitrogens with zero attached hydrogens (tertiary/aromatic N) is 2. The molecule has 0 aliphatic heterocycles. The average molecular weight is 256 g/mol. The summed E-state index contributed by atoms with van der Waals surface area (Å²) in [6, 6.07) is 0. The zero-order valence-corrected chi connectivity index (χ0v) is 8.84. The first-order valence-corrected chi connectivity index (χ1v) is 5.48. The second-order valence-electron chi connectivity index (χ2n) is 2.69. The van der Waals surface area contributed by atoms with Gasteiger partial charge in [0.05, 0.1) is 0 Å². The number of hydrogen-bond acceptors (Lipinski definition) is 5. The van der Waals surface area contributed by atoms with Gasteiger partial charge >= 0.3 is 15.6 Å². The third kappa shape index (κ3) is 2.60. The Morgan fingerprint density at radius 1 is 1.44 bits per heavy atom. The molecule has 5 nitrogen and oxygen atoms in total. The molecule has 0 unspecified atom stereocenters. The fourth-order valence-electron chi connectivity index (χ4n) is 0.816. The standard InChI is InChI=1S/C7H7F3N2O3S/c1-2-5-3-11-4-12-6(5)15-16(13,14)7(8,9)10/h3-4H,2H2,1H3. The van der Waals surface area contributed by atoms with Gasteiger partial charge in [0.2, 0.25) is 5.88 Å². The normalized spacial score (nSPS) is 12.5. The molecule has 0 amide bonds. The number of rotatable bonds is 3. The van der Waals surface area contributed by atoms with Gasteiger partial charge in [0.25, 0.3) is 0 Å². The van der Waals surface area contributed by atoms with Crippen LogP contribution in [0.25, 0.3) is 0 Å². The van der Waals surface area contributed by atoms with Gasteiger partial charge in [0.15, 0.2) is 0 Å². The third-order valence-electron chi connectivity index (χ3n) is 1.60. The van der Waals surface area contributed by atoms with Crippen LogP contribution in [0.5, 0.6) is 5.88 Å². The van der Waals surface area contributed by atoms with Crippen molar-refractivity contribution in [3.8, 4) is 5.88 Å². The maximum Gasteiger partial charge on any atom is 0.534 e. The van der Waals surface area contributed by atoms with Gasteiger partial charge in [-0.3, -0.25) is 0 Å². The molecular formula is C7H7F3N2O3S. The minimum absolute atomic E-state index is 0.176. The fraction of sp³-hybridized carbons (Fsp3) is 0.429. The summed E-state index contributed by atoms with van der Waals surface area (Å²) in [5.74, 6) is -0.602. The Hall–Kier alpha value is -1.38. The van der Waals surface area contributed by atoms with Gasteiger partial charge in [0.1, 0.15) is 6.33 Å². The molecule has 0 aliphatic carbocycles. The van der Waals surface area contributed by atoms with Crippen molar-refractivity contribution in [2.24, 2.45) is 0 Å². The molecule has 0 aromatic carbocycles. The van der Waals surface area contributed by atoms with Crippen molar-refractivity contribution < 1.29 is 25.8 Å². The molecule has 9 heteroatoms. The zero-order valence-electron chi connectivity index (χ0n) is 8.02. The van der Waals surface area contributed by atoms with E-state index in [1.54, 1.807) is 6.92 Å². The van der Waals surface area contributed by atoms with Crippen LogP contribution >= 0.6 is 0 Å². The van der Waals surface area contributed by atoms with Crippen molar-refractivity contribution in [1.82, 2.24) is 9.97 Å². The van der Waals surface area contributed by atoms with Gasteiger partial charge in [-0.05, 0) is 6.42 Å². The Balaban J connectivity index is 3.06. The lowest BCUT2D eigenvalue weighted by molar-refractivity contribution is -0.0501. The number of aromatic nitrogens is 2. The molecule has 1 heterocycles. The van der Waals surface area contributed by atoms with Crippen LogP contribution in [0.4, 0.5) is 13.2 Å². The smallest absolute Gasteiger partial charge is 0.355 e. The minimum Gasteiger partial charge on any atom is -0.355 e. The lowest BCUT2D eigenvalue weighted by Crippen LogP contribution is -2.28. The number of hydrogen-bond donors (Lipinski definition) is 0. The van der Waals surface area contributed by atoms with Crippen LogP contribution in [-0.2, 0) is 16.5 Å². The molecule has 0 bridgehead atoms. The third-order valence-corrected chi connectivity index (χ3v) is 2.54. The van der Waals surface area contributed by atoms with Crippen molar-refractivity contribution in [1.29, 1.82) is 0 Å². The number of halogens is 3. The summed E-state index contributed by atoms with van der Waals surface area (Å²) >= 11 is 0. The molecule has 0 fully saturated rings. The van der Waals surface area contributed by atoms with Crippen molar-refractivity contribution in [3.63, 3.8) is 0 Å². The molecule has 16 heavy (non-hydrogen) atoms. The van der Waals surface area contributed by atoms with Gasteiger partial charge in [-0.1, -0.05) is 6.92 Å². The second kappa shape index (κ2) is 4.24. The van der Waals surface area contributed by atoms with E-state index in [4.69, 9.17) is 0 Å². The lowest BCUT2D eigenvalue weighted by atomic mass is 10.3. The second-order valence-corrected chi connectivity index (χ2v) is 4.23. The molecule has 0 radical (unpaired) electrons. The molecule has 0 saturated carbocycles. The summed E-state index contributed by atoms with van der Waals surface area (Å²) in [7, 11) is -5.67. The van der Waals surface area contributed by atoms with Gasteiger partial charge in [-0.25, -0.2) is 9.97 Å². The monoisotopic (exact) mass is 256 g/mol. The fourth-order valence-corrected chi connectivity index (χ4v) is 1.27. The largest absolute Gasteiger partial charge is 0.534 e. The first-order valence-electron chi connectivity index (χ1n) is 4.07. The van der Waals surface area contributed by atoms with E-state index >= 15 is 0 Å². The van der Waals surface area contributed by atoms with Gasteiger partial charge in [0, 0.05) is 11.8 Å². The van der Waals surface area contributed by atoms with Crippen molar-refractivity contribution in [2.75, 3.05) is 0 Å². The van der Waals surface area contributed by atoms with E-state index in [-0.39, 0.29) is 12.0 Å². The van der Waals surface area contributed by atoms with E-state index in [0.29, 0.717) is 0 Å². The van der Waals surface area contributed by atoms with Gasteiger partial charge < -0.3 is 4.18 Å². The Morgan fingerprint density at radius 3 is 2.56 bits per heavy atom. The van der Waals surface area contributed by atoms with E-state index in [1.165, 1.54) is 6.20 Å². The van der Waals surface area contributed by atoms with Crippen molar-refractivity contribution in [3.05, 3.63) is 18.1 Å². The van der Waals surface area contributed by atoms with Crippen LogP contribution < -0.4 is 4.18 Å². The molecule has 1 aromatic heterocycles. The molecule has 1 aromatic rings. The van der Waals surface area contributed by atoms with Crippen LogP contribution in [0.15, 0.2) is 12.5 Å². The van der Waals surface area contributed by atoms with Crippen molar-refractivity contribution in [2.45, 2.75) is 18.9 Å². The lowest BCUT2D eigenvalue weighted by Gasteiger charge is -2.10. The van der Waals surface area contributed by atoms with Crippen molar-refractivity contribution >= 4 is 10.1 Å². The summed E-state index contributed by atoms with van der Waals surface area (Å²) in [6.07, 6.45) is 2.35. The highest BCUT2D eigenvalue weighted by atomic mass is 32.2. The zero-order chi connectivity index (χ0) is 12.4. The summed E-state index contributed by atoms with van der Waals surface area (Å²) in [5.41, 5.74) is -5.29. The quantitative estimate of drug-likeness (QED) is 0.601. The van der Waals surface area contributed by atoms with Crippen LogP contribution in [0.2, 0.25) is 0 Å². The van der Waals surface area contributed by atoms with Crippen LogP contribution in [0.3, 0.4) is 0 Å². The first kappa shape index (κ1) is 12.7. The average Bonchev–Trinajstić information content (AvgIpc) is 2.16. The summed E-state index contributed by atoms with van der Waals surface area (Å²) in [6.45, 7) is 1.60. The molecular weight excluding hydrogens is 249 g/mol. The van der Waals surface area contributed by atoms with Crippen LogP contribution in [0, 0.1) is 0 Å². The van der Waals surface area contributed by atoms with Gasteiger partial charge in [-0.2, -0.15) is 21.6 Å². The summed E-state index contributed by atoms with van der Waals surface area (Å²) < 4.78 is 61.2. The van der Waals surface area contributed by atoms with Gasteiger partial charge in [-0.15, -0.1) is 0 Å². The highest BCUT2D eigenvalue weighted by Crippen LogP contribution is 2.27. The predicted octanol–water partition coefficient (Wildman–Crippen LogP) is 1.27. The molecule has 0 N–H and O–H groups in total. The van der Waals surface area contributed by atoms with E-state index in [0.717, 1.165) is 6.33 Å². The number of aryl methyl sites for hydroxylation is 1. The SMILES string of the molecule is CCc1cncnc1OS(=O)(=O)C(F)(F)F. The predicted molar refractivity (Wildman–Crippen MR) is 47.0 cm³/mol. The first-order chi connectivity index (χ1) is 7.28. The Labute approximate surface area is 89.4 Å². The topological polar surface area (TPSA) is 69.2 Å². The van der Waals surface area contributed by atoms with Crippen LogP contribution in [-0.4, -0.2) is 23.9 Å². The summed E-state index contributed by atoms with van der Waals surface area (Å²) in [4.78, 5) is 6.88. The van der Waals surface area contributed by atoms with E-state index < -0.39 is 21.5 Å². The molecule has 0 aliphatic rings. The Bertz CT molecular complexity index is 472. The van der Waals surface area contributed by atoms with Crippen LogP contribution in [0.1, 0.15) is 12.5 Å². The molecule has 0 atom stereocenters. The maximum atomic E-state index is 12.0. The maximum absolute atomic E-state index is 12.0. The number of alkyl halides is 3. The van der Waals surface area contributed by atoms with E-state index in [2.05, 4.69) is 14.2 Å². The van der Waals surface area contributed by atoms with E-state index in [9.17, 15) is 21.6 Å². The Morgan fingerprint density at radius 2 is 2.06 bits per heavy atom.